The molecule has 0 saturated carbocycles. The van der Waals surface area contributed by atoms with E-state index in [4.69, 9.17) is 16.7 Å². The Labute approximate surface area is 132 Å². The van der Waals surface area contributed by atoms with Crippen molar-refractivity contribution in [1.29, 1.82) is 0 Å². The molecule has 1 aromatic carbocycles. The normalized spacial score (nSPS) is 18.5. The number of rotatable bonds is 3. The topological polar surface area (TPSA) is 66.4 Å². The molecule has 1 atom stereocenters. The number of carbonyl (C=O) groups excluding carboxylic acids is 1. The van der Waals surface area contributed by atoms with Gasteiger partial charge in [-0.1, -0.05) is 11.6 Å². The predicted octanol–water partition coefficient (Wildman–Crippen LogP) is 3.41. The molecule has 6 heteroatoms. The summed E-state index contributed by atoms with van der Waals surface area (Å²) in [6.07, 6.45) is 0.795. The third-order valence-corrected chi connectivity index (χ3v) is 4.90. The highest BCUT2D eigenvalue weighted by Gasteiger charge is 2.24. The van der Waals surface area contributed by atoms with Gasteiger partial charge in [0.15, 0.2) is 0 Å². The van der Waals surface area contributed by atoms with Gasteiger partial charge in [0.05, 0.1) is 6.04 Å². The van der Waals surface area contributed by atoms with Gasteiger partial charge in [0, 0.05) is 26.8 Å². The molecule has 4 nitrogen and oxygen atoms in total. The third kappa shape index (κ3) is 3.60. The molecule has 0 radical (unpaired) electrons. The molecule has 1 amide bonds. The minimum Gasteiger partial charge on any atom is -0.478 e. The maximum atomic E-state index is 12.2. The van der Waals surface area contributed by atoms with E-state index in [0.717, 1.165) is 22.6 Å². The maximum Gasteiger partial charge on any atom is 0.331 e. The molecule has 0 aliphatic carbocycles. The number of hydrogen-bond acceptors (Lipinski definition) is 3. The summed E-state index contributed by atoms with van der Waals surface area (Å²) in [7, 11) is 0. The molecular formula is C15H16ClNO3S. The first-order chi connectivity index (χ1) is 9.90. The molecule has 0 saturated heterocycles. The van der Waals surface area contributed by atoms with Gasteiger partial charge in [-0.3, -0.25) is 4.79 Å². The Morgan fingerprint density at radius 1 is 1.33 bits per heavy atom. The zero-order chi connectivity index (χ0) is 15.6. The van der Waals surface area contributed by atoms with Crippen LogP contribution in [0.4, 0.5) is 0 Å². The fourth-order valence-corrected chi connectivity index (χ4v) is 3.40. The van der Waals surface area contributed by atoms with Crippen LogP contribution < -0.4 is 5.32 Å². The lowest BCUT2D eigenvalue weighted by Crippen LogP contribution is -2.32. The molecule has 0 bridgehead atoms. The molecular weight excluding hydrogens is 310 g/mol. The van der Waals surface area contributed by atoms with Gasteiger partial charge in [-0.05, 0) is 44.0 Å². The number of hydrogen-bond donors (Lipinski definition) is 2. The van der Waals surface area contributed by atoms with Crippen molar-refractivity contribution in [3.8, 4) is 0 Å². The fraction of sp³-hybridized carbons (Fsp3) is 0.333. The van der Waals surface area contributed by atoms with Gasteiger partial charge in [0.1, 0.15) is 0 Å². The molecule has 21 heavy (non-hydrogen) atoms. The summed E-state index contributed by atoms with van der Waals surface area (Å²) in [6, 6.07) is 5.50. The van der Waals surface area contributed by atoms with Gasteiger partial charge in [0.25, 0.3) is 0 Å². The quantitative estimate of drug-likeness (QED) is 0.836. The van der Waals surface area contributed by atoms with Crippen molar-refractivity contribution in [3.63, 3.8) is 0 Å². The first kappa shape index (κ1) is 15.9. The molecule has 2 N–H and O–H groups in total. The molecule has 0 aromatic heterocycles. The number of fused-ring (bicyclic) bond motifs is 1. The Balaban J connectivity index is 2.23. The van der Waals surface area contributed by atoms with Gasteiger partial charge in [-0.2, -0.15) is 0 Å². The highest BCUT2D eigenvalue weighted by atomic mass is 35.5. The van der Waals surface area contributed by atoms with Crippen LogP contribution >= 0.6 is 23.4 Å². The lowest BCUT2D eigenvalue weighted by molar-refractivity contribution is -0.133. The summed E-state index contributed by atoms with van der Waals surface area (Å²) >= 11 is 7.76. The molecule has 1 heterocycles. The van der Waals surface area contributed by atoms with Crippen LogP contribution in [0.2, 0.25) is 5.02 Å². The van der Waals surface area contributed by atoms with Crippen LogP contribution in [0.3, 0.4) is 0 Å². The zero-order valence-corrected chi connectivity index (χ0v) is 13.3. The Hall–Kier alpha value is -1.46. The van der Waals surface area contributed by atoms with E-state index in [1.165, 1.54) is 13.8 Å². The van der Waals surface area contributed by atoms with E-state index in [1.54, 1.807) is 11.8 Å². The fourth-order valence-electron chi connectivity index (χ4n) is 2.11. The zero-order valence-electron chi connectivity index (χ0n) is 11.8. The van der Waals surface area contributed by atoms with Gasteiger partial charge in [-0.25, -0.2) is 4.79 Å². The van der Waals surface area contributed by atoms with E-state index >= 15 is 0 Å². The molecule has 112 valence electrons. The largest absolute Gasteiger partial charge is 0.478 e. The van der Waals surface area contributed by atoms with Crippen molar-refractivity contribution < 1.29 is 14.7 Å². The molecule has 1 aliphatic heterocycles. The van der Waals surface area contributed by atoms with E-state index in [1.807, 2.05) is 18.2 Å². The number of carboxylic acids is 1. The summed E-state index contributed by atoms with van der Waals surface area (Å²) in [5.41, 5.74) is 1.28. The number of benzene rings is 1. The number of amides is 1. The smallest absolute Gasteiger partial charge is 0.331 e. The standard InChI is InChI=1S/C15H16ClNO3S/c1-8(9(2)15(19)20)14(18)17-12-5-6-21-13-4-3-10(16)7-11(12)13/h3-4,7,12H,5-6H2,1-2H3,(H,17,18)(H,19,20). The summed E-state index contributed by atoms with van der Waals surface area (Å²) < 4.78 is 0. The highest BCUT2D eigenvalue weighted by Crippen LogP contribution is 2.37. The second kappa shape index (κ2) is 6.54. The van der Waals surface area contributed by atoms with E-state index in [2.05, 4.69) is 5.32 Å². The summed E-state index contributed by atoms with van der Waals surface area (Å²) in [6.45, 7) is 2.95. The Bertz CT molecular complexity index is 627. The third-order valence-electron chi connectivity index (χ3n) is 3.54. The van der Waals surface area contributed by atoms with Crippen molar-refractivity contribution in [2.45, 2.75) is 31.2 Å². The summed E-state index contributed by atoms with van der Waals surface area (Å²) in [4.78, 5) is 24.2. The monoisotopic (exact) mass is 325 g/mol. The minimum atomic E-state index is -1.08. The summed E-state index contributed by atoms with van der Waals surface area (Å²) in [5, 5.41) is 12.5. The second-order valence-electron chi connectivity index (χ2n) is 4.90. The van der Waals surface area contributed by atoms with Crippen molar-refractivity contribution in [2.75, 3.05) is 5.75 Å². The molecule has 0 spiro atoms. The number of aliphatic carboxylic acids is 1. The number of halogens is 1. The van der Waals surface area contributed by atoms with Crippen LogP contribution in [0, 0.1) is 0 Å². The van der Waals surface area contributed by atoms with Gasteiger partial charge in [-0.15, -0.1) is 11.8 Å². The van der Waals surface area contributed by atoms with Crippen LogP contribution in [0.1, 0.15) is 31.9 Å². The SMILES string of the molecule is CC(C(=O)O)=C(C)C(=O)NC1CCSc2ccc(Cl)cc21. The number of nitrogens with one attached hydrogen (secondary N) is 1. The lowest BCUT2D eigenvalue weighted by Gasteiger charge is -2.26. The first-order valence-corrected chi connectivity index (χ1v) is 7.90. The van der Waals surface area contributed by atoms with Crippen LogP contribution in [0.15, 0.2) is 34.2 Å². The Kier molecular flexibility index (Phi) is 4.96. The highest BCUT2D eigenvalue weighted by molar-refractivity contribution is 7.99. The average molecular weight is 326 g/mol. The van der Waals surface area contributed by atoms with E-state index in [9.17, 15) is 9.59 Å². The molecule has 1 aliphatic rings. The van der Waals surface area contributed by atoms with Crippen molar-refractivity contribution in [1.82, 2.24) is 5.32 Å². The van der Waals surface area contributed by atoms with E-state index < -0.39 is 5.97 Å². The Morgan fingerprint density at radius 3 is 2.71 bits per heavy atom. The molecule has 2 rings (SSSR count). The first-order valence-electron chi connectivity index (χ1n) is 6.54. The van der Waals surface area contributed by atoms with Crippen LogP contribution in [-0.2, 0) is 9.59 Å². The minimum absolute atomic E-state index is 0.0593. The molecule has 1 unspecified atom stereocenters. The molecule has 0 fully saturated rings. The van der Waals surface area contributed by atoms with E-state index in [-0.39, 0.29) is 23.1 Å². The van der Waals surface area contributed by atoms with Gasteiger partial charge in [0.2, 0.25) is 5.91 Å². The second-order valence-corrected chi connectivity index (χ2v) is 6.47. The lowest BCUT2D eigenvalue weighted by atomic mass is 10.0. The predicted molar refractivity (Wildman–Crippen MR) is 83.7 cm³/mol. The van der Waals surface area contributed by atoms with Crippen LogP contribution in [-0.4, -0.2) is 22.7 Å². The van der Waals surface area contributed by atoms with Crippen molar-refractivity contribution in [2.24, 2.45) is 0 Å². The average Bonchev–Trinajstić information content (AvgIpc) is 2.46. The van der Waals surface area contributed by atoms with Crippen molar-refractivity contribution >= 4 is 35.2 Å². The maximum absolute atomic E-state index is 12.2. The Morgan fingerprint density at radius 2 is 2.05 bits per heavy atom. The van der Waals surface area contributed by atoms with Gasteiger partial charge < -0.3 is 10.4 Å². The van der Waals surface area contributed by atoms with Crippen LogP contribution in [0.5, 0.6) is 0 Å². The van der Waals surface area contributed by atoms with Gasteiger partial charge >= 0.3 is 5.97 Å². The van der Waals surface area contributed by atoms with E-state index in [0.29, 0.717) is 5.02 Å². The van der Waals surface area contributed by atoms with Crippen LogP contribution in [0.25, 0.3) is 0 Å². The number of carboxylic acid groups (broad SMARTS) is 1. The molecule has 1 aromatic rings. The van der Waals surface area contributed by atoms with Crippen molar-refractivity contribution in [3.05, 3.63) is 39.9 Å². The summed E-state index contributed by atoms with van der Waals surface area (Å²) in [5.74, 6) is -0.525. The number of carbonyl (C=O) groups is 2. The number of thioether (sulfide) groups is 1.